The van der Waals surface area contributed by atoms with Crippen molar-refractivity contribution >= 4 is 0 Å². The molecule has 0 aliphatic rings. The van der Waals surface area contributed by atoms with Gasteiger partial charge in [0.2, 0.25) is 0 Å². The summed E-state index contributed by atoms with van der Waals surface area (Å²) in [7, 11) is 0. The number of halogens is 1. The monoisotopic (exact) mass is 344 g/mol. The van der Waals surface area contributed by atoms with Crippen LogP contribution in [0.3, 0.4) is 0 Å². The van der Waals surface area contributed by atoms with Gasteiger partial charge in [0.1, 0.15) is 17.7 Å². The molecule has 128 valence electrons. The lowest BCUT2D eigenvalue weighted by Crippen LogP contribution is -2.01. The van der Waals surface area contributed by atoms with Crippen LogP contribution < -0.4 is 0 Å². The van der Waals surface area contributed by atoms with E-state index < -0.39 is 6.10 Å². The lowest BCUT2D eigenvalue weighted by atomic mass is 10.0. The van der Waals surface area contributed by atoms with Gasteiger partial charge in [0.15, 0.2) is 0 Å². The maximum atomic E-state index is 13.9. The highest BCUT2D eigenvalue weighted by atomic mass is 19.1. The predicted octanol–water partition coefficient (Wildman–Crippen LogP) is 4.96. The van der Waals surface area contributed by atoms with Crippen LogP contribution in [0.1, 0.15) is 17.5 Å². The maximum absolute atomic E-state index is 13.9. The molecule has 4 heteroatoms. The van der Waals surface area contributed by atoms with Crippen LogP contribution in [0.15, 0.2) is 85.1 Å². The Kier molecular flexibility index (Phi) is 4.33. The van der Waals surface area contributed by atoms with E-state index in [4.69, 9.17) is 0 Å². The largest absolute Gasteiger partial charge is 0.380 e. The summed E-state index contributed by atoms with van der Waals surface area (Å²) in [5, 5.41) is 10.6. The number of imidazole rings is 1. The third-order valence-corrected chi connectivity index (χ3v) is 4.35. The minimum atomic E-state index is -0.902. The van der Waals surface area contributed by atoms with Crippen LogP contribution in [0.4, 0.5) is 4.39 Å². The van der Waals surface area contributed by atoms with Crippen molar-refractivity contribution in [3.8, 4) is 22.4 Å². The fourth-order valence-corrected chi connectivity index (χ4v) is 2.94. The van der Waals surface area contributed by atoms with Gasteiger partial charge in [-0.2, -0.15) is 0 Å². The van der Waals surface area contributed by atoms with Gasteiger partial charge in [-0.15, -0.1) is 0 Å². The standard InChI is InChI=1S/C22H17FN2O/c23-19-9-5-4-8-18(19)20-14-24-22(25-20)21(26)17-12-10-16(11-13-17)15-6-2-1-3-7-15/h1-14,21,26H,(H,24,25). The van der Waals surface area contributed by atoms with Gasteiger partial charge in [-0.3, -0.25) is 0 Å². The van der Waals surface area contributed by atoms with Crippen LogP contribution in [0.5, 0.6) is 0 Å². The molecule has 1 aromatic heterocycles. The molecule has 0 fully saturated rings. The number of hydrogen-bond donors (Lipinski definition) is 2. The Morgan fingerprint density at radius 3 is 2.19 bits per heavy atom. The zero-order chi connectivity index (χ0) is 17.9. The van der Waals surface area contributed by atoms with E-state index in [-0.39, 0.29) is 5.82 Å². The molecular formula is C22H17FN2O. The number of benzene rings is 3. The second-order valence-corrected chi connectivity index (χ2v) is 6.05. The predicted molar refractivity (Wildman–Crippen MR) is 99.9 cm³/mol. The highest BCUT2D eigenvalue weighted by molar-refractivity contribution is 5.63. The van der Waals surface area contributed by atoms with Crippen LogP contribution in [0, 0.1) is 5.82 Å². The number of hydrogen-bond acceptors (Lipinski definition) is 2. The summed E-state index contributed by atoms with van der Waals surface area (Å²) < 4.78 is 13.9. The Morgan fingerprint density at radius 2 is 1.46 bits per heavy atom. The average Bonchev–Trinajstić information content (AvgIpc) is 3.18. The second-order valence-electron chi connectivity index (χ2n) is 6.05. The van der Waals surface area contributed by atoms with Crippen LogP contribution in [-0.4, -0.2) is 15.1 Å². The summed E-state index contributed by atoms with van der Waals surface area (Å²) in [5.41, 5.74) is 3.89. The molecular weight excluding hydrogens is 327 g/mol. The maximum Gasteiger partial charge on any atom is 0.140 e. The number of aliphatic hydroxyl groups is 1. The van der Waals surface area contributed by atoms with Crippen molar-refractivity contribution in [1.82, 2.24) is 9.97 Å². The molecule has 0 saturated heterocycles. The van der Waals surface area contributed by atoms with Crippen LogP contribution in [-0.2, 0) is 0 Å². The van der Waals surface area contributed by atoms with E-state index in [1.54, 1.807) is 18.2 Å². The molecule has 1 unspecified atom stereocenters. The van der Waals surface area contributed by atoms with Crippen molar-refractivity contribution in [3.63, 3.8) is 0 Å². The summed E-state index contributed by atoms with van der Waals surface area (Å²) in [4.78, 5) is 7.23. The Morgan fingerprint density at radius 1 is 0.808 bits per heavy atom. The third-order valence-electron chi connectivity index (χ3n) is 4.35. The molecule has 1 atom stereocenters. The summed E-state index contributed by atoms with van der Waals surface area (Å²) in [6.45, 7) is 0. The lowest BCUT2D eigenvalue weighted by Gasteiger charge is -2.09. The van der Waals surface area contributed by atoms with Crippen molar-refractivity contribution < 1.29 is 9.50 Å². The molecule has 3 aromatic carbocycles. The zero-order valence-corrected chi connectivity index (χ0v) is 13.9. The summed E-state index contributed by atoms with van der Waals surface area (Å²) >= 11 is 0. The van der Waals surface area contributed by atoms with Gasteiger partial charge < -0.3 is 10.1 Å². The Hall–Kier alpha value is -3.24. The number of nitrogens with zero attached hydrogens (tertiary/aromatic N) is 1. The van der Waals surface area contributed by atoms with E-state index in [0.29, 0.717) is 17.1 Å². The van der Waals surface area contributed by atoms with Crippen molar-refractivity contribution in [1.29, 1.82) is 0 Å². The normalized spacial score (nSPS) is 12.1. The molecule has 3 nitrogen and oxygen atoms in total. The molecule has 0 aliphatic carbocycles. The number of aromatic amines is 1. The molecule has 1 heterocycles. The van der Waals surface area contributed by atoms with Gasteiger partial charge in [-0.1, -0.05) is 66.7 Å². The highest BCUT2D eigenvalue weighted by Crippen LogP contribution is 2.27. The number of H-pyrrole nitrogens is 1. The lowest BCUT2D eigenvalue weighted by molar-refractivity contribution is 0.211. The fourth-order valence-electron chi connectivity index (χ4n) is 2.94. The molecule has 2 N–H and O–H groups in total. The van der Waals surface area contributed by atoms with Crippen LogP contribution in [0.2, 0.25) is 0 Å². The molecule has 4 rings (SSSR count). The van der Waals surface area contributed by atoms with Gasteiger partial charge in [-0.25, -0.2) is 9.37 Å². The smallest absolute Gasteiger partial charge is 0.140 e. The van der Waals surface area contributed by atoms with E-state index in [0.717, 1.165) is 16.7 Å². The number of nitrogens with one attached hydrogen (secondary N) is 1. The Labute approximate surface area is 150 Å². The third kappa shape index (κ3) is 3.15. The molecule has 26 heavy (non-hydrogen) atoms. The van der Waals surface area contributed by atoms with Crippen molar-refractivity contribution in [2.45, 2.75) is 6.10 Å². The van der Waals surface area contributed by atoms with Gasteiger partial charge in [-0.05, 0) is 28.8 Å². The highest BCUT2D eigenvalue weighted by Gasteiger charge is 2.16. The Bertz CT molecular complexity index is 1010. The number of aromatic nitrogens is 2. The van der Waals surface area contributed by atoms with Crippen molar-refractivity contribution in [2.24, 2.45) is 0 Å². The van der Waals surface area contributed by atoms with E-state index in [1.807, 2.05) is 54.6 Å². The summed E-state index contributed by atoms with van der Waals surface area (Å²) in [5.74, 6) is 0.0557. The van der Waals surface area contributed by atoms with Crippen LogP contribution in [0.25, 0.3) is 22.4 Å². The molecule has 4 aromatic rings. The first-order chi connectivity index (χ1) is 12.7. The van der Waals surface area contributed by atoms with E-state index in [1.165, 1.54) is 12.3 Å². The first kappa shape index (κ1) is 16.2. The fraction of sp³-hybridized carbons (Fsp3) is 0.0455. The van der Waals surface area contributed by atoms with E-state index in [9.17, 15) is 9.50 Å². The second kappa shape index (κ2) is 6.94. The minimum absolute atomic E-state index is 0.329. The molecule has 0 saturated carbocycles. The Balaban J connectivity index is 1.58. The molecule has 0 bridgehead atoms. The molecule has 0 aliphatic heterocycles. The zero-order valence-electron chi connectivity index (χ0n) is 13.9. The SMILES string of the molecule is OC(c1ccc(-c2ccccc2)cc1)c1ncc(-c2ccccc2F)[nH]1. The topological polar surface area (TPSA) is 48.9 Å². The summed E-state index contributed by atoms with van der Waals surface area (Å²) in [6.07, 6.45) is 0.635. The van der Waals surface area contributed by atoms with Crippen molar-refractivity contribution in [3.05, 3.63) is 102 Å². The first-order valence-corrected chi connectivity index (χ1v) is 8.35. The molecule has 0 amide bonds. The summed E-state index contributed by atoms with van der Waals surface area (Å²) in [6, 6.07) is 24.2. The van der Waals surface area contributed by atoms with Crippen LogP contribution >= 0.6 is 0 Å². The quantitative estimate of drug-likeness (QED) is 0.549. The van der Waals surface area contributed by atoms with Crippen molar-refractivity contribution in [2.75, 3.05) is 0 Å². The molecule has 0 spiro atoms. The first-order valence-electron chi connectivity index (χ1n) is 8.35. The number of aliphatic hydroxyl groups excluding tert-OH is 1. The van der Waals surface area contributed by atoms with E-state index in [2.05, 4.69) is 9.97 Å². The van der Waals surface area contributed by atoms with E-state index >= 15 is 0 Å². The van der Waals surface area contributed by atoms with Gasteiger partial charge >= 0.3 is 0 Å². The number of rotatable bonds is 4. The average molecular weight is 344 g/mol. The minimum Gasteiger partial charge on any atom is -0.380 e. The molecule has 0 radical (unpaired) electrons. The van der Waals surface area contributed by atoms with Gasteiger partial charge in [0, 0.05) is 5.56 Å². The van der Waals surface area contributed by atoms with Gasteiger partial charge in [0.25, 0.3) is 0 Å². The van der Waals surface area contributed by atoms with Gasteiger partial charge in [0.05, 0.1) is 11.9 Å².